The molecule has 2 rings (SSSR count). The Bertz CT molecular complexity index is 652. The van der Waals surface area contributed by atoms with Gasteiger partial charge in [0.1, 0.15) is 6.61 Å². The van der Waals surface area contributed by atoms with Crippen molar-refractivity contribution in [2.24, 2.45) is 23.5 Å². The van der Waals surface area contributed by atoms with Crippen LogP contribution in [0.3, 0.4) is 0 Å². The molecule has 1 aliphatic heterocycles. The standard InChI is InChI=1S/C14H16O3.C8H17NO2/c1-10(2)12-8-13(15)17-14(12)16-9-11-6-4-3-5-7-11;1-6(2)3-7(5-9)4-8(10)11/h3-7,10H,8-9H2,1-2H3;6-7H,3-5,9H2,1-2H3,(H,10,11). The molecule has 1 aromatic carbocycles. The van der Waals surface area contributed by atoms with Gasteiger partial charge in [-0.2, -0.15) is 0 Å². The average Bonchev–Trinajstić information content (AvgIpc) is 3.01. The number of cyclic esters (lactones) is 1. The van der Waals surface area contributed by atoms with Crippen LogP contribution in [0.15, 0.2) is 41.9 Å². The number of hydrogen-bond donors (Lipinski definition) is 2. The van der Waals surface area contributed by atoms with E-state index in [0.29, 0.717) is 31.4 Å². The lowest BCUT2D eigenvalue weighted by atomic mass is 9.94. The van der Waals surface area contributed by atoms with Gasteiger partial charge in [0.2, 0.25) is 0 Å². The molecule has 0 bridgehead atoms. The highest BCUT2D eigenvalue weighted by Crippen LogP contribution is 2.28. The minimum absolute atomic E-state index is 0.146. The Morgan fingerprint density at radius 3 is 2.36 bits per heavy atom. The number of esters is 1. The molecular weight excluding hydrogens is 358 g/mol. The van der Waals surface area contributed by atoms with E-state index < -0.39 is 5.97 Å². The Morgan fingerprint density at radius 2 is 1.86 bits per heavy atom. The summed E-state index contributed by atoms with van der Waals surface area (Å²) in [5.41, 5.74) is 7.42. The predicted octanol–water partition coefficient (Wildman–Crippen LogP) is 4.10. The Morgan fingerprint density at radius 1 is 1.21 bits per heavy atom. The number of hydrogen-bond acceptors (Lipinski definition) is 5. The first-order valence-corrected chi connectivity index (χ1v) is 9.75. The monoisotopic (exact) mass is 391 g/mol. The minimum atomic E-state index is -0.749. The van der Waals surface area contributed by atoms with Crippen LogP contribution in [0.5, 0.6) is 0 Å². The van der Waals surface area contributed by atoms with Crippen LogP contribution in [-0.4, -0.2) is 23.6 Å². The summed E-state index contributed by atoms with van der Waals surface area (Å²) in [6.45, 7) is 9.12. The average molecular weight is 392 g/mol. The third-order valence-corrected chi connectivity index (χ3v) is 4.31. The highest BCUT2D eigenvalue weighted by atomic mass is 16.7. The van der Waals surface area contributed by atoms with Gasteiger partial charge in [-0.25, -0.2) is 0 Å². The lowest BCUT2D eigenvalue weighted by Gasteiger charge is -2.13. The summed E-state index contributed by atoms with van der Waals surface area (Å²) in [6, 6.07) is 9.82. The molecule has 1 aliphatic rings. The fourth-order valence-corrected chi connectivity index (χ4v) is 2.89. The smallest absolute Gasteiger partial charge is 0.317 e. The van der Waals surface area contributed by atoms with E-state index in [1.54, 1.807) is 0 Å². The second-order valence-electron chi connectivity index (χ2n) is 7.72. The Kier molecular flexibility index (Phi) is 10.3. The molecule has 6 heteroatoms. The number of carboxylic acid groups (broad SMARTS) is 1. The van der Waals surface area contributed by atoms with Gasteiger partial charge in [-0.15, -0.1) is 0 Å². The molecule has 0 fully saturated rings. The molecule has 0 aromatic heterocycles. The van der Waals surface area contributed by atoms with Gasteiger partial charge < -0.3 is 20.3 Å². The molecule has 1 aromatic rings. The van der Waals surface area contributed by atoms with E-state index in [2.05, 4.69) is 13.8 Å². The third-order valence-electron chi connectivity index (χ3n) is 4.31. The topological polar surface area (TPSA) is 98.9 Å². The van der Waals surface area contributed by atoms with Gasteiger partial charge in [0.15, 0.2) is 0 Å². The van der Waals surface area contributed by atoms with E-state index in [0.717, 1.165) is 17.6 Å². The third kappa shape index (κ3) is 9.04. The zero-order valence-electron chi connectivity index (χ0n) is 17.3. The maximum atomic E-state index is 11.2. The lowest BCUT2D eigenvalue weighted by molar-refractivity contribution is -0.141. The van der Waals surface area contributed by atoms with Crippen LogP contribution in [0.25, 0.3) is 0 Å². The molecule has 0 amide bonds. The Balaban J connectivity index is 0.000000311. The van der Waals surface area contributed by atoms with Crippen molar-refractivity contribution in [2.75, 3.05) is 6.54 Å². The lowest BCUT2D eigenvalue weighted by Crippen LogP contribution is -2.19. The second kappa shape index (κ2) is 12.2. The summed E-state index contributed by atoms with van der Waals surface area (Å²) in [6.07, 6.45) is 1.46. The van der Waals surface area contributed by atoms with Crippen molar-refractivity contribution in [1.82, 2.24) is 0 Å². The molecule has 0 radical (unpaired) electrons. The van der Waals surface area contributed by atoms with Gasteiger partial charge in [-0.05, 0) is 36.3 Å². The van der Waals surface area contributed by atoms with Gasteiger partial charge in [0.25, 0.3) is 5.95 Å². The van der Waals surface area contributed by atoms with Gasteiger partial charge >= 0.3 is 11.9 Å². The molecule has 0 aliphatic carbocycles. The number of benzene rings is 1. The molecule has 1 atom stereocenters. The molecule has 28 heavy (non-hydrogen) atoms. The van der Waals surface area contributed by atoms with E-state index in [9.17, 15) is 9.59 Å². The number of carbonyl (C=O) groups excluding carboxylic acids is 1. The quantitative estimate of drug-likeness (QED) is 0.615. The van der Waals surface area contributed by atoms with Crippen molar-refractivity contribution in [3.05, 3.63) is 47.4 Å². The maximum absolute atomic E-state index is 11.2. The first-order chi connectivity index (χ1) is 13.2. The summed E-state index contributed by atoms with van der Waals surface area (Å²) in [7, 11) is 0. The van der Waals surface area contributed by atoms with E-state index in [-0.39, 0.29) is 24.2 Å². The second-order valence-corrected chi connectivity index (χ2v) is 7.72. The van der Waals surface area contributed by atoms with Crippen LogP contribution in [0.1, 0.15) is 52.5 Å². The molecule has 1 heterocycles. The summed E-state index contributed by atoms with van der Waals surface area (Å²) in [4.78, 5) is 21.5. The zero-order valence-corrected chi connectivity index (χ0v) is 17.3. The molecule has 1 unspecified atom stereocenters. The fourth-order valence-electron chi connectivity index (χ4n) is 2.89. The summed E-state index contributed by atoms with van der Waals surface area (Å²) < 4.78 is 10.6. The molecule has 0 spiro atoms. The first kappa shape index (κ1) is 23.7. The fraction of sp³-hybridized carbons (Fsp3) is 0.545. The van der Waals surface area contributed by atoms with E-state index >= 15 is 0 Å². The van der Waals surface area contributed by atoms with E-state index in [1.165, 1.54) is 0 Å². The number of carboxylic acids is 1. The molecule has 6 nitrogen and oxygen atoms in total. The summed E-state index contributed by atoms with van der Waals surface area (Å²) in [5.74, 6) is 0.370. The van der Waals surface area contributed by atoms with Gasteiger partial charge in [0.05, 0.1) is 6.42 Å². The number of nitrogens with two attached hydrogens (primary N) is 1. The number of aliphatic carboxylic acids is 1. The molecule has 156 valence electrons. The van der Waals surface area contributed by atoms with Crippen molar-refractivity contribution < 1.29 is 24.2 Å². The van der Waals surface area contributed by atoms with E-state index in [4.69, 9.17) is 20.3 Å². The van der Waals surface area contributed by atoms with Gasteiger partial charge in [0, 0.05) is 12.0 Å². The van der Waals surface area contributed by atoms with Crippen LogP contribution in [-0.2, 0) is 25.7 Å². The van der Waals surface area contributed by atoms with Crippen molar-refractivity contribution >= 4 is 11.9 Å². The van der Waals surface area contributed by atoms with Crippen molar-refractivity contribution in [3.63, 3.8) is 0 Å². The Hall–Kier alpha value is -2.34. The molecule has 0 saturated heterocycles. The number of rotatable bonds is 9. The highest BCUT2D eigenvalue weighted by molar-refractivity contribution is 5.76. The largest absolute Gasteiger partial charge is 0.481 e. The Labute approximate surface area is 167 Å². The zero-order chi connectivity index (χ0) is 21.1. The van der Waals surface area contributed by atoms with Crippen LogP contribution < -0.4 is 5.73 Å². The summed E-state index contributed by atoms with van der Waals surface area (Å²) >= 11 is 0. The SMILES string of the molecule is CC(C)C1=C(OCc2ccccc2)OC(=O)C1.CC(C)CC(CN)CC(=O)O. The molecule has 0 saturated carbocycles. The van der Waals surface area contributed by atoms with Crippen molar-refractivity contribution in [3.8, 4) is 0 Å². The number of carbonyl (C=O) groups is 2. The van der Waals surface area contributed by atoms with Crippen LogP contribution >= 0.6 is 0 Å². The van der Waals surface area contributed by atoms with E-state index in [1.807, 2.05) is 44.2 Å². The first-order valence-electron chi connectivity index (χ1n) is 9.75. The predicted molar refractivity (Wildman–Crippen MR) is 108 cm³/mol. The van der Waals surface area contributed by atoms with Crippen molar-refractivity contribution in [2.45, 2.75) is 53.6 Å². The van der Waals surface area contributed by atoms with Crippen LogP contribution in [0.2, 0.25) is 0 Å². The highest BCUT2D eigenvalue weighted by Gasteiger charge is 2.27. The van der Waals surface area contributed by atoms with Crippen LogP contribution in [0, 0.1) is 17.8 Å². The van der Waals surface area contributed by atoms with Gasteiger partial charge in [-0.3, -0.25) is 9.59 Å². The molecular formula is C22H33NO5. The van der Waals surface area contributed by atoms with Crippen molar-refractivity contribution in [1.29, 1.82) is 0 Å². The number of ether oxygens (including phenoxy) is 2. The normalized spacial score (nSPS) is 14.6. The van der Waals surface area contributed by atoms with Crippen LogP contribution in [0.4, 0.5) is 0 Å². The van der Waals surface area contributed by atoms with Gasteiger partial charge in [-0.1, -0.05) is 58.0 Å². The molecule has 3 N–H and O–H groups in total. The summed E-state index contributed by atoms with van der Waals surface area (Å²) in [5, 5.41) is 8.47. The maximum Gasteiger partial charge on any atom is 0.317 e. The minimum Gasteiger partial charge on any atom is -0.481 e.